The first-order valence-electron chi connectivity index (χ1n) is 8.13. The average molecular weight is 278 g/mol. The number of hydrogen-bond donors (Lipinski definition) is 1. The highest BCUT2D eigenvalue weighted by Crippen LogP contribution is 2.46. The Kier molecular flexibility index (Phi) is 4.29. The zero-order chi connectivity index (χ0) is 13.9. The molecular weight excluding hydrogens is 252 g/mol. The number of aryl methyl sites for hydroxylation is 1. The first kappa shape index (κ1) is 13.9. The Labute approximate surface area is 121 Å². The molecule has 1 aromatic heterocycles. The first-order chi connectivity index (χ1) is 9.76. The molecule has 2 fully saturated rings. The topological polar surface area (TPSA) is 47.3 Å². The highest BCUT2D eigenvalue weighted by Gasteiger charge is 2.37. The summed E-state index contributed by atoms with van der Waals surface area (Å²) in [5.41, 5.74) is 0. The van der Waals surface area contributed by atoms with Gasteiger partial charge in [0, 0.05) is 6.54 Å². The molecule has 0 aromatic carbocycles. The highest BCUT2D eigenvalue weighted by atomic mass is 16.5. The third-order valence-corrected chi connectivity index (χ3v) is 4.86. The van der Waals surface area contributed by atoms with E-state index in [1.807, 2.05) is 10.9 Å². The quantitative estimate of drug-likeness (QED) is 0.924. The lowest BCUT2D eigenvalue weighted by atomic mass is 9.97. The van der Waals surface area contributed by atoms with E-state index >= 15 is 0 Å². The molecule has 4 heteroatoms. The molecule has 2 saturated carbocycles. The summed E-state index contributed by atoms with van der Waals surface area (Å²) in [6.07, 6.45) is 11.4. The van der Waals surface area contributed by atoms with Crippen molar-refractivity contribution < 1.29 is 9.84 Å². The van der Waals surface area contributed by atoms with Crippen LogP contribution in [0.25, 0.3) is 0 Å². The van der Waals surface area contributed by atoms with Crippen LogP contribution in [0.15, 0.2) is 12.4 Å². The number of aromatic nitrogens is 2. The standard InChI is InChI=1S/C16H26N2O2/c1-2-18-11-14(10-17-18)20-16-8-4-6-13-9-12(13)5-3-7-15(16)19/h10-13,15-16,19H,2-9H2,1H3/t12-,13-,15+,16+/m0/s1. The predicted octanol–water partition coefficient (Wildman–Crippen LogP) is 3.00. The van der Waals surface area contributed by atoms with Crippen molar-refractivity contribution in [2.75, 3.05) is 0 Å². The van der Waals surface area contributed by atoms with Crippen LogP contribution in [0.4, 0.5) is 0 Å². The molecule has 1 aromatic rings. The average Bonchev–Trinajstić information content (AvgIpc) is 3.03. The van der Waals surface area contributed by atoms with E-state index in [1.165, 1.54) is 25.7 Å². The number of hydrogen-bond acceptors (Lipinski definition) is 3. The highest BCUT2D eigenvalue weighted by molar-refractivity contribution is 5.12. The fraction of sp³-hybridized carbons (Fsp3) is 0.812. The lowest BCUT2D eigenvalue weighted by Gasteiger charge is -2.24. The largest absolute Gasteiger partial charge is 0.484 e. The van der Waals surface area contributed by atoms with Gasteiger partial charge in [-0.05, 0) is 44.4 Å². The molecule has 112 valence electrons. The maximum atomic E-state index is 10.4. The Morgan fingerprint density at radius 2 is 2.00 bits per heavy atom. The van der Waals surface area contributed by atoms with E-state index in [9.17, 15) is 5.11 Å². The zero-order valence-corrected chi connectivity index (χ0v) is 12.4. The van der Waals surface area contributed by atoms with Crippen LogP contribution in [0.1, 0.15) is 51.9 Å². The summed E-state index contributed by atoms with van der Waals surface area (Å²) >= 11 is 0. The molecule has 2 aliphatic rings. The molecular formula is C16H26N2O2. The van der Waals surface area contributed by atoms with E-state index in [-0.39, 0.29) is 12.2 Å². The van der Waals surface area contributed by atoms with Gasteiger partial charge >= 0.3 is 0 Å². The molecule has 3 rings (SSSR count). The smallest absolute Gasteiger partial charge is 0.157 e. The summed E-state index contributed by atoms with van der Waals surface area (Å²) < 4.78 is 7.86. The molecule has 0 amide bonds. The number of aliphatic hydroxyl groups excluding tert-OH is 1. The van der Waals surface area contributed by atoms with Gasteiger partial charge in [-0.1, -0.05) is 19.3 Å². The Morgan fingerprint density at radius 3 is 2.70 bits per heavy atom. The SMILES string of the molecule is CCn1cc(O[C@@H]2CCC[C@H]3C[C@@H]3CCC[C@H]2O)cn1. The minimum atomic E-state index is -0.338. The summed E-state index contributed by atoms with van der Waals surface area (Å²) in [6.45, 7) is 2.90. The predicted molar refractivity (Wildman–Crippen MR) is 77.6 cm³/mol. The maximum Gasteiger partial charge on any atom is 0.157 e. The molecule has 0 radical (unpaired) electrons. The van der Waals surface area contributed by atoms with Crippen molar-refractivity contribution in [3.63, 3.8) is 0 Å². The number of aliphatic hydroxyl groups is 1. The van der Waals surface area contributed by atoms with Crippen molar-refractivity contribution in [2.24, 2.45) is 11.8 Å². The number of nitrogens with zero attached hydrogens (tertiary/aromatic N) is 2. The molecule has 4 nitrogen and oxygen atoms in total. The maximum absolute atomic E-state index is 10.4. The summed E-state index contributed by atoms with van der Waals surface area (Å²) in [7, 11) is 0. The number of ether oxygens (including phenoxy) is 1. The molecule has 0 unspecified atom stereocenters. The van der Waals surface area contributed by atoms with Crippen molar-refractivity contribution in [1.82, 2.24) is 9.78 Å². The number of rotatable bonds is 3. The van der Waals surface area contributed by atoms with Crippen LogP contribution in [-0.2, 0) is 6.54 Å². The Hall–Kier alpha value is -1.03. The van der Waals surface area contributed by atoms with Crippen molar-refractivity contribution in [3.05, 3.63) is 12.4 Å². The number of fused-ring (bicyclic) bond motifs is 1. The van der Waals surface area contributed by atoms with Crippen molar-refractivity contribution in [2.45, 2.75) is 70.6 Å². The molecule has 0 saturated heterocycles. The van der Waals surface area contributed by atoms with E-state index in [0.29, 0.717) is 0 Å². The molecule has 0 bridgehead atoms. The monoisotopic (exact) mass is 278 g/mol. The van der Waals surface area contributed by atoms with Crippen LogP contribution in [0.5, 0.6) is 5.75 Å². The molecule has 0 spiro atoms. The van der Waals surface area contributed by atoms with Crippen LogP contribution in [0, 0.1) is 11.8 Å². The Balaban J connectivity index is 1.59. The van der Waals surface area contributed by atoms with Crippen molar-refractivity contribution >= 4 is 0 Å². The van der Waals surface area contributed by atoms with Gasteiger partial charge in [-0.25, -0.2) is 0 Å². The van der Waals surface area contributed by atoms with E-state index in [4.69, 9.17) is 4.74 Å². The fourth-order valence-corrected chi connectivity index (χ4v) is 3.46. The molecule has 1 N–H and O–H groups in total. The summed E-state index contributed by atoms with van der Waals surface area (Å²) in [5, 5.41) is 14.6. The second-order valence-corrected chi connectivity index (χ2v) is 6.37. The third-order valence-electron chi connectivity index (χ3n) is 4.86. The van der Waals surface area contributed by atoms with Gasteiger partial charge in [0.1, 0.15) is 6.10 Å². The van der Waals surface area contributed by atoms with Gasteiger partial charge in [0.2, 0.25) is 0 Å². The Bertz CT molecular complexity index is 432. The Morgan fingerprint density at radius 1 is 1.25 bits per heavy atom. The van der Waals surface area contributed by atoms with Crippen LogP contribution in [0.3, 0.4) is 0 Å². The normalized spacial score (nSPS) is 34.3. The first-order valence-corrected chi connectivity index (χ1v) is 8.13. The van der Waals surface area contributed by atoms with Crippen molar-refractivity contribution in [1.29, 1.82) is 0 Å². The van der Waals surface area contributed by atoms with Crippen molar-refractivity contribution in [3.8, 4) is 5.75 Å². The minimum Gasteiger partial charge on any atom is -0.484 e. The summed E-state index contributed by atoms with van der Waals surface area (Å²) in [5.74, 6) is 2.72. The summed E-state index contributed by atoms with van der Waals surface area (Å²) in [4.78, 5) is 0. The van der Waals surface area contributed by atoms with Crippen LogP contribution < -0.4 is 4.74 Å². The minimum absolute atomic E-state index is 0.0696. The van der Waals surface area contributed by atoms with Gasteiger partial charge in [0.05, 0.1) is 18.5 Å². The zero-order valence-electron chi connectivity index (χ0n) is 12.4. The van der Waals surface area contributed by atoms with E-state index < -0.39 is 0 Å². The van der Waals surface area contributed by atoms with E-state index in [1.54, 1.807) is 6.20 Å². The lowest BCUT2D eigenvalue weighted by molar-refractivity contribution is 0.0216. The van der Waals surface area contributed by atoms with Crippen LogP contribution in [0.2, 0.25) is 0 Å². The molecule has 20 heavy (non-hydrogen) atoms. The second kappa shape index (κ2) is 6.17. The van der Waals surface area contributed by atoms with E-state index in [2.05, 4.69) is 12.0 Å². The fourth-order valence-electron chi connectivity index (χ4n) is 3.46. The summed E-state index contributed by atoms with van der Waals surface area (Å²) in [6, 6.07) is 0. The molecule has 0 aliphatic heterocycles. The van der Waals surface area contributed by atoms with Gasteiger partial charge in [-0.2, -0.15) is 5.10 Å². The van der Waals surface area contributed by atoms with Crippen LogP contribution in [-0.4, -0.2) is 27.1 Å². The molecule has 1 heterocycles. The van der Waals surface area contributed by atoms with Crippen LogP contribution >= 0.6 is 0 Å². The van der Waals surface area contributed by atoms with Gasteiger partial charge < -0.3 is 9.84 Å². The van der Waals surface area contributed by atoms with Gasteiger partial charge in [-0.15, -0.1) is 0 Å². The molecule has 2 aliphatic carbocycles. The van der Waals surface area contributed by atoms with E-state index in [0.717, 1.165) is 43.4 Å². The third kappa shape index (κ3) is 3.35. The van der Waals surface area contributed by atoms with Gasteiger partial charge in [0.25, 0.3) is 0 Å². The molecule has 4 atom stereocenters. The lowest BCUT2D eigenvalue weighted by Crippen LogP contribution is -2.32. The van der Waals surface area contributed by atoms with Gasteiger partial charge in [-0.3, -0.25) is 4.68 Å². The van der Waals surface area contributed by atoms with Gasteiger partial charge in [0.15, 0.2) is 5.75 Å². The second-order valence-electron chi connectivity index (χ2n) is 6.37.